The van der Waals surface area contributed by atoms with E-state index in [2.05, 4.69) is 16.8 Å². The summed E-state index contributed by atoms with van der Waals surface area (Å²) in [4.78, 5) is 0. The Morgan fingerprint density at radius 2 is 1.58 bits per heavy atom. The topological polar surface area (TPSA) is 65.2 Å². The Morgan fingerprint density at radius 1 is 0.947 bits per heavy atom. The van der Waals surface area contributed by atoms with Crippen molar-refractivity contribution in [2.45, 2.75) is 6.42 Å². The van der Waals surface area contributed by atoms with Crippen LogP contribution in [0.4, 0.5) is 11.4 Å². The van der Waals surface area contributed by atoms with E-state index in [-0.39, 0.29) is 11.5 Å². The lowest BCUT2D eigenvalue weighted by atomic mass is 10.1. The lowest BCUT2D eigenvalue weighted by molar-refractivity contribution is 0.469. The quantitative estimate of drug-likeness (QED) is 0.633. The van der Waals surface area contributed by atoms with Crippen LogP contribution in [0.15, 0.2) is 65.3 Å². The summed E-state index contributed by atoms with van der Waals surface area (Å²) in [7, 11) is 0. The Labute approximate surface area is 111 Å². The number of phenolic OH excluding ortho intramolecular Hbond substituents is 2. The number of nitrogens with zero attached hydrogens (tertiary/aromatic N) is 2. The maximum Gasteiger partial charge on any atom is 0.119 e. The van der Waals surface area contributed by atoms with E-state index in [1.165, 1.54) is 0 Å². The highest BCUT2D eigenvalue weighted by Gasteiger charge is 2.00. The summed E-state index contributed by atoms with van der Waals surface area (Å²) in [5.41, 5.74) is 2.07. The summed E-state index contributed by atoms with van der Waals surface area (Å²) in [5, 5.41) is 26.9. The number of azo groups is 1. The van der Waals surface area contributed by atoms with Crippen LogP contribution in [0.3, 0.4) is 0 Å². The second-order valence-corrected chi connectivity index (χ2v) is 4.02. The number of allylic oxidation sites excluding steroid dienone is 1. The van der Waals surface area contributed by atoms with Gasteiger partial charge in [0.15, 0.2) is 0 Å². The zero-order chi connectivity index (χ0) is 13.7. The van der Waals surface area contributed by atoms with Crippen molar-refractivity contribution in [3.8, 4) is 11.5 Å². The molecule has 2 N–H and O–H groups in total. The average Bonchev–Trinajstić information content (AvgIpc) is 2.42. The molecule has 2 aromatic carbocycles. The number of benzene rings is 2. The Kier molecular flexibility index (Phi) is 3.93. The SMILES string of the molecule is C=CCc1cc(N=Nc2ccc(O)cc2)ccc1O. The average molecular weight is 254 g/mol. The third-order valence-corrected chi connectivity index (χ3v) is 2.56. The molecular formula is C15H14N2O2. The molecule has 0 amide bonds. The predicted octanol–water partition coefficient (Wildman–Crippen LogP) is 4.24. The van der Waals surface area contributed by atoms with E-state index in [0.717, 1.165) is 5.56 Å². The van der Waals surface area contributed by atoms with Crippen LogP contribution >= 0.6 is 0 Å². The van der Waals surface area contributed by atoms with Crippen LogP contribution in [0.25, 0.3) is 0 Å². The van der Waals surface area contributed by atoms with Gasteiger partial charge in [-0.25, -0.2) is 0 Å². The number of rotatable bonds is 4. The van der Waals surface area contributed by atoms with Gasteiger partial charge in [0, 0.05) is 0 Å². The summed E-state index contributed by atoms with van der Waals surface area (Å²) < 4.78 is 0. The van der Waals surface area contributed by atoms with Crippen molar-refractivity contribution in [1.82, 2.24) is 0 Å². The number of phenols is 2. The molecular weight excluding hydrogens is 240 g/mol. The minimum Gasteiger partial charge on any atom is -0.508 e. The van der Waals surface area contributed by atoms with Crippen LogP contribution in [0, 0.1) is 0 Å². The molecule has 0 heterocycles. The monoisotopic (exact) mass is 254 g/mol. The molecule has 0 saturated carbocycles. The fraction of sp³-hybridized carbons (Fsp3) is 0.0667. The van der Waals surface area contributed by atoms with Crippen molar-refractivity contribution in [3.63, 3.8) is 0 Å². The van der Waals surface area contributed by atoms with E-state index >= 15 is 0 Å². The van der Waals surface area contributed by atoms with E-state index in [1.54, 1.807) is 48.5 Å². The molecule has 4 heteroatoms. The van der Waals surface area contributed by atoms with Gasteiger partial charge in [-0.1, -0.05) is 6.08 Å². The maximum absolute atomic E-state index is 9.63. The smallest absolute Gasteiger partial charge is 0.119 e. The summed E-state index contributed by atoms with van der Waals surface area (Å²) in [5.74, 6) is 0.417. The first-order valence-electron chi connectivity index (χ1n) is 5.82. The van der Waals surface area contributed by atoms with Gasteiger partial charge >= 0.3 is 0 Å². The van der Waals surface area contributed by atoms with Gasteiger partial charge in [0.2, 0.25) is 0 Å². The van der Waals surface area contributed by atoms with Crippen molar-refractivity contribution in [3.05, 3.63) is 60.7 Å². The largest absolute Gasteiger partial charge is 0.508 e. The molecule has 0 aliphatic rings. The standard InChI is InChI=1S/C15H14N2O2/c1-2-3-11-10-13(6-9-15(11)19)17-16-12-4-7-14(18)8-5-12/h2,4-10,18-19H,1,3H2. The molecule has 0 unspecified atom stereocenters. The van der Waals surface area contributed by atoms with Gasteiger partial charge in [0.25, 0.3) is 0 Å². The van der Waals surface area contributed by atoms with Gasteiger partial charge in [-0.3, -0.25) is 0 Å². The highest BCUT2D eigenvalue weighted by Crippen LogP contribution is 2.26. The van der Waals surface area contributed by atoms with Gasteiger partial charge < -0.3 is 10.2 Å². The first-order chi connectivity index (χ1) is 9.19. The predicted molar refractivity (Wildman–Crippen MR) is 74.3 cm³/mol. The van der Waals surface area contributed by atoms with Crippen LogP contribution in [-0.4, -0.2) is 10.2 Å². The van der Waals surface area contributed by atoms with E-state index < -0.39 is 0 Å². The van der Waals surface area contributed by atoms with E-state index in [0.29, 0.717) is 17.8 Å². The third-order valence-electron chi connectivity index (χ3n) is 2.56. The van der Waals surface area contributed by atoms with Crippen LogP contribution in [-0.2, 0) is 6.42 Å². The molecule has 0 atom stereocenters. The van der Waals surface area contributed by atoms with Crippen molar-refractivity contribution in [2.75, 3.05) is 0 Å². The molecule has 0 bridgehead atoms. The lowest BCUT2D eigenvalue weighted by Crippen LogP contribution is -1.81. The molecule has 2 rings (SSSR count). The summed E-state index contributed by atoms with van der Waals surface area (Å²) in [6.45, 7) is 3.64. The highest BCUT2D eigenvalue weighted by atomic mass is 16.3. The van der Waals surface area contributed by atoms with E-state index in [9.17, 15) is 5.11 Å². The van der Waals surface area contributed by atoms with Gasteiger partial charge in [-0.2, -0.15) is 10.2 Å². The van der Waals surface area contributed by atoms with E-state index in [4.69, 9.17) is 5.11 Å². The third kappa shape index (κ3) is 3.42. The molecule has 0 aliphatic carbocycles. The molecule has 0 spiro atoms. The zero-order valence-corrected chi connectivity index (χ0v) is 10.3. The number of hydrogen-bond acceptors (Lipinski definition) is 4. The number of hydrogen-bond donors (Lipinski definition) is 2. The van der Waals surface area contributed by atoms with Gasteiger partial charge in [-0.05, 0) is 54.4 Å². The van der Waals surface area contributed by atoms with Crippen molar-refractivity contribution >= 4 is 11.4 Å². The Balaban J connectivity index is 2.20. The number of aromatic hydroxyl groups is 2. The van der Waals surface area contributed by atoms with Crippen LogP contribution in [0.5, 0.6) is 11.5 Å². The van der Waals surface area contributed by atoms with Crippen LogP contribution in [0.2, 0.25) is 0 Å². The Hall–Kier alpha value is -2.62. The molecule has 96 valence electrons. The normalized spacial score (nSPS) is 10.7. The molecule has 0 saturated heterocycles. The molecule has 19 heavy (non-hydrogen) atoms. The second kappa shape index (κ2) is 5.82. The Morgan fingerprint density at radius 3 is 2.26 bits per heavy atom. The zero-order valence-electron chi connectivity index (χ0n) is 10.3. The molecule has 4 nitrogen and oxygen atoms in total. The summed E-state index contributed by atoms with van der Waals surface area (Å²) in [6.07, 6.45) is 2.30. The van der Waals surface area contributed by atoms with Gasteiger partial charge in [0.1, 0.15) is 11.5 Å². The second-order valence-electron chi connectivity index (χ2n) is 4.02. The maximum atomic E-state index is 9.63. The summed E-state index contributed by atoms with van der Waals surface area (Å²) >= 11 is 0. The molecule has 0 radical (unpaired) electrons. The molecule has 2 aromatic rings. The van der Waals surface area contributed by atoms with Crippen molar-refractivity contribution < 1.29 is 10.2 Å². The molecule has 0 fully saturated rings. The van der Waals surface area contributed by atoms with Crippen LogP contribution in [0.1, 0.15) is 5.56 Å². The summed E-state index contributed by atoms with van der Waals surface area (Å²) in [6, 6.07) is 11.5. The minimum absolute atomic E-state index is 0.192. The van der Waals surface area contributed by atoms with Crippen LogP contribution < -0.4 is 0 Å². The fourth-order valence-electron chi connectivity index (χ4n) is 1.59. The lowest BCUT2D eigenvalue weighted by Gasteiger charge is -2.02. The minimum atomic E-state index is 0.192. The fourth-order valence-corrected chi connectivity index (χ4v) is 1.59. The molecule has 0 aliphatic heterocycles. The van der Waals surface area contributed by atoms with E-state index in [1.807, 2.05) is 0 Å². The van der Waals surface area contributed by atoms with Gasteiger partial charge in [-0.15, -0.1) is 6.58 Å². The highest BCUT2D eigenvalue weighted by molar-refractivity contribution is 5.48. The first kappa shape index (κ1) is 12.8. The van der Waals surface area contributed by atoms with Crippen molar-refractivity contribution in [1.29, 1.82) is 0 Å². The van der Waals surface area contributed by atoms with Gasteiger partial charge in [0.05, 0.1) is 11.4 Å². The first-order valence-corrected chi connectivity index (χ1v) is 5.82. The Bertz CT molecular complexity index is 604. The van der Waals surface area contributed by atoms with Crippen molar-refractivity contribution in [2.24, 2.45) is 10.2 Å². The molecule has 0 aromatic heterocycles.